The summed E-state index contributed by atoms with van der Waals surface area (Å²) in [4.78, 5) is 34.9. The van der Waals surface area contributed by atoms with E-state index in [-0.39, 0.29) is 11.3 Å². The van der Waals surface area contributed by atoms with Crippen molar-refractivity contribution in [3.63, 3.8) is 0 Å². The number of amides is 2. The van der Waals surface area contributed by atoms with E-state index in [0.717, 1.165) is 23.1 Å². The molecular formula is C20H18N4O4. The second-order valence-corrected chi connectivity index (χ2v) is 6.17. The van der Waals surface area contributed by atoms with Gasteiger partial charge in [-0.05, 0) is 38.1 Å². The summed E-state index contributed by atoms with van der Waals surface area (Å²) in [6.07, 6.45) is 0. The average Bonchev–Trinajstić information content (AvgIpc) is 3.00. The van der Waals surface area contributed by atoms with Crippen molar-refractivity contribution in [1.29, 1.82) is 0 Å². The van der Waals surface area contributed by atoms with Crippen LogP contribution in [-0.4, -0.2) is 21.3 Å². The summed E-state index contributed by atoms with van der Waals surface area (Å²) < 4.78 is 1.94. The third-order valence-electron chi connectivity index (χ3n) is 4.30. The molecule has 0 saturated carbocycles. The van der Waals surface area contributed by atoms with Crippen LogP contribution < -0.4 is 10.9 Å². The first-order chi connectivity index (χ1) is 13.4. The van der Waals surface area contributed by atoms with Crippen LogP contribution in [0.4, 0.5) is 5.69 Å². The summed E-state index contributed by atoms with van der Waals surface area (Å²) >= 11 is 0. The minimum Gasteiger partial charge on any atom is -0.318 e. The van der Waals surface area contributed by atoms with Crippen molar-refractivity contribution < 1.29 is 14.5 Å². The van der Waals surface area contributed by atoms with Crippen molar-refractivity contribution in [2.75, 3.05) is 0 Å². The molecule has 0 saturated heterocycles. The molecule has 0 aliphatic carbocycles. The molecule has 0 unspecified atom stereocenters. The van der Waals surface area contributed by atoms with Crippen LogP contribution in [0.2, 0.25) is 0 Å². The lowest BCUT2D eigenvalue weighted by molar-refractivity contribution is -0.384. The lowest BCUT2D eigenvalue weighted by Gasteiger charge is -2.10. The van der Waals surface area contributed by atoms with E-state index in [1.807, 2.05) is 48.7 Å². The standard InChI is InChI=1S/C20H18N4O4/c1-13-11-18(14(2)23(13)16-8-4-3-5-9-16)20(26)22-21-19(25)15-7-6-10-17(12-15)24(27)28/h3-12H,1-2H3,(H,21,25)(H,22,26). The number of hydrazine groups is 1. The fraction of sp³-hybridized carbons (Fsp3) is 0.100. The number of carbonyl (C=O) groups is 2. The number of para-hydroxylation sites is 1. The van der Waals surface area contributed by atoms with Gasteiger partial charge in [-0.25, -0.2) is 0 Å². The Balaban J connectivity index is 1.75. The van der Waals surface area contributed by atoms with E-state index in [1.165, 1.54) is 18.2 Å². The number of hydrogen-bond donors (Lipinski definition) is 2. The third kappa shape index (κ3) is 3.75. The molecule has 0 aliphatic rings. The van der Waals surface area contributed by atoms with Crippen LogP contribution in [0.15, 0.2) is 60.7 Å². The molecule has 1 heterocycles. The Hall–Kier alpha value is -3.94. The number of carbonyl (C=O) groups excluding carboxylic acids is 2. The number of nitrogens with one attached hydrogen (secondary N) is 2. The van der Waals surface area contributed by atoms with E-state index in [4.69, 9.17) is 0 Å². The highest BCUT2D eigenvalue weighted by Crippen LogP contribution is 2.20. The highest BCUT2D eigenvalue weighted by atomic mass is 16.6. The summed E-state index contributed by atoms with van der Waals surface area (Å²) in [5.41, 5.74) is 7.46. The normalized spacial score (nSPS) is 10.4. The van der Waals surface area contributed by atoms with Crippen LogP contribution in [0.25, 0.3) is 5.69 Å². The molecular weight excluding hydrogens is 360 g/mol. The van der Waals surface area contributed by atoms with E-state index >= 15 is 0 Å². The SMILES string of the molecule is Cc1cc(C(=O)NNC(=O)c2cccc([N+](=O)[O-])c2)c(C)n1-c1ccccc1. The number of non-ortho nitro benzene ring substituents is 1. The van der Waals surface area contributed by atoms with Gasteiger partial charge in [-0.2, -0.15) is 0 Å². The summed E-state index contributed by atoms with van der Waals surface area (Å²) in [6.45, 7) is 3.70. The molecule has 142 valence electrons. The molecule has 0 aliphatic heterocycles. The predicted octanol–water partition coefficient (Wildman–Crippen LogP) is 3.08. The Morgan fingerprint density at radius 1 is 0.929 bits per heavy atom. The zero-order valence-electron chi connectivity index (χ0n) is 15.3. The molecule has 2 aromatic carbocycles. The van der Waals surface area contributed by atoms with Crippen LogP contribution in [-0.2, 0) is 0 Å². The Morgan fingerprint density at radius 2 is 1.61 bits per heavy atom. The van der Waals surface area contributed by atoms with Gasteiger partial charge in [0.15, 0.2) is 0 Å². The zero-order valence-corrected chi connectivity index (χ0v) is 15.3. The minimum atomic E-state index is -0.645. The smallest absolute Gasteiger partial charge is 0.271 e. The Kier molecular flexibility index (Phi) is 5.21. The summed E-state index contributed by atoms with van der Waals surface area (Å²) in [6, 6.07) is 16.6. The van der Waals surface area contributed by atoms with E-state index in [2.05, 4.69) is 10.9 Å². The molecule has 0 fully saturated rings. The van der Waals surface area contributed by atoms with Crippen molar-refractivity contribution >= 4 is 17.5 Å². The van der Waals surface area contributed by atoms with Gasteiger partial charge in [0.2, 0.25) is 0 Å². The van der Waals surface area contributed by atoms with Gasteiger partial charge in [0.25, 0.3) is 17.5 Å². The molecule has 3 aromatic rings. The van der Waals surface area contributed by atoms with E-state index in [9.17, 15) is 19.7 Å². The first-order valence-electron chi connectivity index (χ1n) is 8.48. The number of nitrogens with zero attached hydrogens (tertiary/aromatic N) is 2. The minimum absolute atomic E-state index is 0.0734. The number of nitro benzene ring substituents is 1. The largest absolute Gasteiger partial charge is 0.318 e. The number of aryl methyl sites for hydroxylation is 1. The van der Waals surface area contributed by atoms with Crippen LogP contribution >= 0.6 is 0 Å². The predicted molar refractivity (Wildman–Crippen MR) is 103 cm³/mol. The summed E-state index contributed by atoms with van der Waals surface area (Å²) in [5.74, 6) is -1.12. The van der Waals surface area contributed by atoms with Gasteiger partial charge in [0, 0.05) is 34.8 Å². The summed E-state index contributed by atoms with van der Waals surface area (Å²) in [5, 5.41) is 10.8. The number of benzene rings is 2. The Labute approximate surface area is 160 Å². The molecule has 0 spiro atoms. The highest BCUT2D eigenvalue weighted by molar-refractivity contribution is 6.00. The van der Waals surface area contributed by atoms with Gasteiger partial charge in [-0.15, -0.1) is 0 Å². The second-order valence-electron chi connectivity index (χ2n) is 6.17. The second kappa shape index (κ2) is 7.75. The van der Waals surface area contributed by atoms with Crippen LogP contribution in [0.1, 0.15) is 32.1 Å². The van der Waals surface area contributed by atoms with Gasteiger partial charge in [-0.1, -0.05) is 24.3 Å². The third-order valence-corrected chi connectivity index (χ3v) is 4.30. The van der Waals surface area contributed by atoms with Crippen molar-refractivity contribution in [2.45, 2.75) is 13.8 Å². The molecule has 0 atom stereocenters. The van der Waals surface area contributed by atoms with Gasteiger partial charge in [0.05, 0.1) is 10.5 Å². The lowest BCUT2D eigenvalue weighted by atomic mass is 10.2. The molecule has 1 aromatic heterocycles. The number of nitro groups is 1. The van der Waals surface area contributed by atoms with E-state index in [1.54, 1.807) is 6.07 Å². The maximum absolute atomic E-state index is 12.5. The fourth-order valence-corrected chi connectivity index (χ4v) is 2.98. The van der Waals surface area contributed by atoms with Crippen molar-refractivity contribution in [2.24, 2.45) is 0 Å². The fourth-order valence-electron chi connectivity index (χ4n) is 2.98. The first kappa shape index (κ1) is 18.8. The van der Waals surface area contributed by atoms with Gasteiger partial charge < -0.3 is 4.57 Å². The first-order valence-corrected chi connectivity index (χ1v) is 8.48. The van der Waals surface area contributed by atoms with Crippen LogP contribution in [0, 0.1) is 24.0 Å². The monoisotopic (exact) mass is 378 g/mol. The molecule has 8 nitrogen and oxygen atoms in total. The maximum atomic E-state index is 12.5. The van der Waals surface area contributed by atoms with Gasteiger partial charge in [-0.3, -0.25) is 30.6 Å². The lowest BCUT2D eigenvalue weighted by Crippen LogP contribution is -2.41. The Morgan fingerprint density at radius 3 is 2.29 bits per heavy atom. The molecule has 3 rings (SSSR count). The quantitative estimate of drug-likeness (QED) is 0.537. The van der Waals surface area contributed by atoms with E-state index < -0.39 is 16.7 Å². The van der Waals surface area contributed by atoms with Crippen LogP contribution in [0.5, 0.6) is 0 Å². The number of aromatic nitrogens is 1. The topological polar surface area (TPSA) is 106 Å². The number of hydrogen-bond acceptors (Lipinski definition) is 4. The molecule has 8 heteroatoms. The molecule has 0 bridgehead atoms. The number of rotatable bonds is 4. The van der Waals surface area contributed by atoms with Crippen molar-refractivity contribution in [3.8, 4) is 5.69 Å². The molecule has 0 radical (unpaired) electrons. The Bertz CT molecular complexity index is 1060. The van der Waals surface area contributed by atoms with Gasteiger partial charge in [0.1, 0.15) is 0 Å². The van der Waals surface area contributed by atoms with Crippen molar-refractivity contribution in [3.05, 3.63) is 93.3 Å². The summed E-state index contributed by atoms with van der Waals surface area (Å²) in [7, 11) is 0. The molecule has 28 heavy (non-hydrogen) atoms. The zero-order chi connectivity index (χ0) is 20.3. The van der Waals surface area contributed by atoms with Gasteiger partial charge >= 0.3 is 0 Å². The van der Waals surface area contributed by atoms with Crippen LogP contribution in [0.3, 0.4) is 0 Å². The average molecular weight is 378 g/mol. The maximum Gasteiger partial charge on any atom is 0.271 e. The molecule has 2 N–H and O–H groups in total. The highest BCUT2D eigenvalue weighted by Gasteiger charge is 2.18. The molecule has 2 amide bonds. The van der Waals surface area contributed by atoms with E-state index in [0.29, 0.717) is 5.56 Å². The van der Waals surface area contributed by atoms with Crippen molar-refractivity contribution in [1.82, 2.24) is 15.4 Å².